The molecule has 0 radical (unpaired) electrons. The van der Waals surface area contributed by atoms with E-state index in [-0.39, 0.29) is 11.6 Å². The second-order valence-electron chi connectivity index (χ2n) is 4.16. The van der Waals surface area contributed by atoms with E-state index >= 15 is 0 Å². The molecule has 4 heteroatoms. The van der Waals surface area contributed by atoms with Crippen molar-refractivity contribution in [3.05, 3.63) is 65.9 Å². The summed E-state index contributed by atoms with van der Waals surface area (Å²) in [5.74, 6) is -0.0887. The molecule has 1 N–H and O–H groups in total. The largest absolute Gasteiger partial charge is 0.504 e. The van der Waals surface area contributed by atoms with Crippen molar-refractivity contribution in [1.29, 1.82) is 0 Å². The lowest BCUT2D eigenvalue weighted by molar-refractivity contribution is 0.477. The zero-order valence-corrected chi connectivity index (χ0v) is 9.55. The predicted molar refractivity (Wildman–Crippen MR) is 66.1 cm³/mol. The smallest absolute Gasteiger partial charge is 0.179 e. The zero-order valence-electron chi connectivity index (χ0n) is 9.55. The average Bonchev–Trinajstić information content (AvgIpc) is 2.76. The minimum absolute atomic E-state index is 0.155. The van der Waals surface area contributed by atoms with Crippen molar-refractivity contribution >= 4 is 5.65 Å². The Morgan fingerprint density at radius 3 is 2.67 bits per heavy atom. The van der Waals surface area contributed by atoms with Crippen molar-refractivity contribution < 1.29 is 9.50 Å². The highest BCUT2D eigenvalue weighted by molar-refractivity contribution is 5.53. The lowest BCUT2D eigenvalue weighted by atomic mass is 10.1. The van der Waals surface area contributed by atoms with Crippen LogP contribution in [0.25, 0.3) is 5.65 Å². The number of aromatic nitrogens is 2. The number of aromatic hydroxyl groups is 1. The Morgan fingerprint density at radius 2 is 1.94 bits per heavy atom. The molecular formula is C14H11FN2O. The minimum atomic E-state index is -0.244. The van der Waals surface area contributed by atoms with Crippen LogP contribution >= 0.6 is 0 Å². The summed E-state index contributed by atoms with van der Waals surface area (Å²) in [6.45, 7) is 0. The van der Waals surface area contributed by atoms with Gasteiger partial charge in [0.2, 0.25) is 0 Å². The van der Waals surface area contributed by atoms with Crippen LogP contribution in [0.1, 0.15) is 11.3 Å². The summed E-state index contributed by atoms with van der Waals surface area (Å²) in [6.07, 6.45) is 4.30. The van der Waals surface area contributed by atoms with Crippen LogP contribution in [0.4, 0.5) is 4.39 Å². The van der Waals surface area contributed by atoms with Gasteiger partial charge in [-0.15, -0.1) is 0 Å². The van der Waals surface area contributed by atoms with E-state index in [1.54, 1.807) is 28.7 Å². The maximum atomic E-state index is 12.8. The lowest BCUT2D eigenvalue weighted by Gasteiger charge is -1.96. The van der Waals surface area contributed by atoms with E-state index in [1.165, 1.54) is 12.1 Å². The lowest BCUT2D eigenvalue weighted by Crippen LogP contribution is -1.88. The Kier molecular flexibility index (Phi) is 2.48. The Bertz CT molecular complexity index is 689. The molecule has 1 aromatic carbocycles. The van der Waals surface area contributed by atoms with Crippen molar-refractivity contribution in [2.24, 2.45) is 0 Å². The van der Waals surface area contributed by atoms with Gasteiger partial charge in [0, 0.05) is 18.8 Å². The van der Waals surface area contributed by atoms with E-state index in [9.17, 15) is 9.50 Å². The minimum Gasteiger partial charge on any atom is -0.504 e. The Morgan fingerprint density at radius 1 is 1.17 bits per heavy atom. The predicted octanol–water partition coefficient (Wildman–Crippen LogP) is 2.77. The highest BCUT2D eigenvalue weighted by atomic mass is 19.1. The Hall–Kier alpha value is -2.36. The maximum absolute atomic E-state index is 12.8. The number of imidazole rings is 1. The molecule has 0 amide bonds. The molecule has 3 nitrogen and oxygen atoms in total. The molecule has 0 fully saturated rings. The second-order valence-corrected chi connectivity index (χ2v) is 4.16. The van der Waals surface area contributed by atoms with Gasteiger partial charge >= 0.3 is 0 Å². The van der Waals surface area contributed by atoms with E-state index in [0.717, 1.165) is 11.3 Å². The molecule has 90 valence electrons. The summed E-state index contributed by atoms with van der Waals surface area (Å²) in [7, 11) is 0. The monoisotopic (exact) mass is 242 g/mol. The van der Waals surface area contributed by atoms with Crippen LogP contribution in [0.5, 0.6) is 5.75 Å². The van der Waals surface area contributed by atoms with E-state index in [1.807, 2.05) is 12.4 Å². The number of hydrogen-bond acceptors (Lipinski definition) is 2. The SMILES string of the molecule is Oc1cccn2cc(Cc3ccc(F)cc3)nc12. The molecule has 0 aliphatic carbocycles. The summed E-state index contributed by atoms with van der Waals surface area (Å²) in [6, 6.07) is 9.69. The van der Waals surface area contributed by atoms with E-state index in [4.69, 9.17) is 0 Å². The highest BCUT2D eigenvalue weighted by Crippen LogP contribution is 2.18. The van der Waals surface area contributed by atoms with Crippen LogP contribution in [0, 0.1) is 5.82 Å². The van der Waals surface area contributed by atoms with Gasteiger partial charge in [-0.3, -0.25) is 0 Å². The zero-order chi connectivity index (χ0) is 12.5. The topological polar surface area (TPSA) is 37.5 Å². The second kappa shape index (κ2) is 4.14. The van der Waals surface area contributed by atoms with E-state index in [2.05, 4.69) is 4.98 Å². The van der Waals surface area contributed by atoms with Crippen LogP contribution < -0.4 is 0 Å². The number of nitrogens with zero attached hydrogens (tertiary/aromatic N) is 2. The third-order valence-electron chi connectivity index (χ3n) is 2.81. The van der Waals surface area contributed by atoms with Crippen LogP contribution in [0.3, 0.4) is 0 Å². The Balaban J connectivity index is 1.95. The first-order valence-electron chi connectivity index (χ1n) is 5.62. The van der Waals surface area contributed by atoms with Gasteiger partial charge in [0.05, 0.1) is 5.69 Å². The fourth-order valence-corrected chi connectivity index (χ4v) is 1.95. The molecule has 2 aromatic heterocycles. The first-order valence-corrected chi connectivity index (χ1v) is 5.62. The molecule has 0 saturated carbocycles. The normalized spacial score (nSPS) is 10.9. The summed E-state index contributed by atoms with van der Waals surface area (Å²) in [5, 5.41) is 9.65. The molecule has 2 heterocycles. The van der Waals surface area contributed by atoms with Gasteiger partial charge in [-0.2, -0.15) is 0 Å². The molecule has 18 heavy (non-hydrogen) atoms. The molecule has 0 atom stereocenters. The molecule has 0 saturated heterocycles. The van der Waals surface area contributed by atoms with Crippen molar-refractivity contribution in [3.8, 4) is 5.75 Å². The van der Waals surface area contributed by atoms with E-state index in [0.29, 0.717) is 12.1 Å². The van der Waals surface area contributed by atoms with Crippen molar-refractivity contribution in [3.63, 3.8) is 0 Å². The van der Waals surface area contributed by atoms with Gasteiger partial charge in [-0.25, -0.2) is 9.37 Å². The van der Waals surface area contributed by atoms with Gasteiger partial charge < -0.3 is 9.51 Å². The molecule has 0 aliphatic heterocycles. The Labute approximate surface area is 103 Å². The van der Waals surface area contributed by atoms with E-state index < -0.39 is 0 Å². The average molecular weight is 242 g/mol. The summed E-state index contributed by atoms with van der Waals surface area (Å²) < 4.78 is 14.6. The van der Waals surface area contributed by atoms with Crippen LogP contribution in [-0.4, -0.2) is 14.5 Å². The molecule has 0 unspecified atom stereocenters. The molecular weight excluding hydrogens is 231 g/mol. The number of fused-ring (bicyclic) bond motifs is 1. The van der Waals surface area contributed by atoms with Gasteiger partial charge in [-0.1, -0.05) is 12.1 Å². The van der Waals surface area contributed by atoms with Crippen molar-refractivity contribution in [2.45, 2.75) is 6.42 Å². The number of rotatable bonds is 2. The summed E-state index contributed by atoms with van der Waals surface area (Å²) in [5.41, 5.74) is 2.36. The van der Waals surface area contributed by atoms with Gasteiger partial charge in [0.25, 0.3) is 0 Å². The summed E-state index contributed by atoms with van der Waals surface area (Å²) in [4.78, 5) is 4.35. The standard InChI is InChI=1S/C14H11FN2O/c15-11-5-3-10(4-6-11)8-12-9-17-7-1-2-13(18)14(17)16-12/h1-7,9,18H,8H2. The molecule has 3 rings (SSSR count). The maximum Gasteiger partial charge on any atom is 0.179 e. The molecule has 0 bridgehead atoms. The first kappa shape index (κ1) is 10.8. The highest BCUT2D eigenvalue weighted by Gasteiger charge is 2.06. The van der Waals surface area contributed by atoms with Crippen LogP contribution in [0.15, 0.2) is 48.8 Å². The number of benzene rings is 1. The number of hydrogen-bond donors (Lipinski definition) is 1. The fraction of sp³-hybridized carbons (Fsp3) is 0.0714. The van der Waals surface area contributed by atoms with Crippen LogP contribution in [-0.2, 0) is 6.42 Å². The third-order valence-corrected chi connectivity index (χ3v) is 2.81. The number of halogens is 1. The van der Waals surface area contributed by atoms with Crippen LogP contribution in [0.2, 0.25) is 0 Å². The third kappa shape index (κ3) is 1.93. The number of pyridine rings is 1. The fourth-order valence-electron chi connectivity index (χ4n) is 1.95. The quantitative estimate of drug-likeness (QED) is 0.750. The molecule has 3 aromatic rings. The van der Waals surface area contributed by atoms with Gasteiger partial charge in [-0.05, 0) is 29.8 Å². The summed E-state index contributed by atoms with van der Waals surface area (Å²) >= 11 is 0. The molecule has 0 aliphatic rings. The molecule has 0 spiro atoms. The van der Waals surface area contributed by atoms with Gasteiger partial charge in [0.1, 0.15) is 5.82 Å². The van der Waals surface area contributed by atoms with Gasteiger partial charge in [0.15, 0.2) is 11.4 Å². The van der Waals surface area contributed by atoms with Crippen molar-refractivity contribution in [2.75, 3.05) is 0 Å². The first-order chi connectivity index (χ1) is 8.72. The van der Waals surface area contributed by atoms with Crippen molar-refractivity contribution in [1.82, 2.24) is 9.38 Å².